The van der Waals surface area contributed by atoms with Crippen molar-refractivity contribution < 1.29 is 9.53 Å². The first-order chi connectivity index (χ1) is 9.53. The molecule has 0 saturated carbocycles. The first-order valence-electron chi connectivity index (χ1n) is 6.82. The molecule has 20 heavy (non-hydrogen) atoms. The average molecular weight is 297 g/mol. The van der Waals surface area contributed by atoms with Gasteiger partial charge in [-0.2, -0.15) is 0 Å². The van der Waals surface area contributed by atoms with Gasteiger partial charge >= 0.3 is 6.03 Å². The van der Waals surface area contributed by atoms with Crippen LogP contribution in [0.5, 0.6) is 0 Å². The van der Waals surface area contributed by atoms with Crippen LogP contribution in [-0.2, 0) is 10.2 Å². The van der Waals surface area contributed by atoms with Crippen LogP contribution < -0.4 is 5.32 Å². The van der Waals surface area contributed by atoms with E-state index >= 15 is 0 Å². The summed E-state index contributed by atoms with van der Waals surface area (Å²) in [4.78, 5) is 13.3. The SMILES string of the molecule is CN(C)C(=O)NCC1(c2ccc(Cl)cc2)CCOCC1. The Bertz CT molecular complexity index is 453. The Balaban J connectivity index is 2.17. The first-order valence-corrected chi connectivity index (χ1v) is 7.20. The Hall–Kier alpha value is -1.26. The van der Waals surface area contributed by atoms with E-state index in [4.69, 9.17) is 16.3 Å². The number of rotatable bonds is 3. The van der Waals surface area contributed by atoms with Crippen LogP contribution in [0.2, 0.25) is 5.02 Å². The van der Waals surface area contributed by atoms with Crippen molar-refractivity contribution >= 4 is 17.6 Å². The van der Waals surface area contributed by atoms with Crippen LogP contribution in [0.25, 0.3) is 0 Å². The summed E-state index contributed by atoms with van der Waals surface area (Å²) in [5.41, 5.74) is 1.15. The quantitative estimate of drug-likeness (QED) is 0.932. The molecule has 1 aromatic rings. The molecule has 2 amide bonds. The molecule has 1 heterocycles. The minimum atomic E-state index is -0.0650. The monoisotopic (exact) mass is 296 g/mol. The lowest BCUT2D eigenvalue weighted by atomic mass is 9.74. The van der Waals surface area contributed by atoms with Gasteiger partial charge in [0.2, 0.25) is 0 Å². The molecule has 0 atom stereocenters. The lowest BCUT2D eigenvalue weighted by molar-refractivity contribution is 0.0503. The summed E-state index contributed by atoms with van der Waals surface area (Å²) in [6.07, 6.45) is 1.81. The van der Waals surface area contributed by atoms with E-state index in [2.05, 4.69) is 17.4 Å². The summed E-state index contributed by atoms with van der Waals surface area (Å²) >= 11 is 5.96. The van der Waals surface area contributed by atoms with Crippen LogP contribution in [0.4, 0.5) is 4.79 Å². The standard InChI is InChI=1S/C15H21ClN2O2/c1-18(2)14(19)17-11-15(7-9-20-10-8-15)12-3-5-13(16)6-4-12/h3-6H,7-11H2,1-2H3,(H,17,19). The third kappa shape index (κ3) is 3.44. The van der Waals surface area contributed by atoms with Gasteiger partial charge in [-0.3, -0.25) is 0 Å². The second-order valence-corrected chi connectivity index (χ2v) is 5.89. The highest BCUT2D eigenvalue weighted by Gasteiger charge is 2.34. The van der Waals surface area contributed by atoms with E-state index in [1.807, 2.05) is 12.1 Å². The number of benzene rings is 1. The van der Waals surface area contributed by atoms with Crippen LogP contribution in [0.3, 0.4) is 0 Å². The Labute approximate surface area is 125 Å². The fraction of sp³-hybridized carbons (Fsp3) is 0.533. The molecule has 1 saturated heterocycles. The van der Waals surface area contributed by atoms with Gasteiger partial charge in [-0.1, -0.05) is 23.7 Å². The zero-order chi connectivity index (χ0) is 14.6. The molecular weight excluding hydrogens is 276 g/mol. The topological polar surface area (TPSA) is 41.6 Å². The molecule has 0 radical (unpaired) electrons. The number of ether oxygens (including phenoxy) is 1. The highest BCUT2D eigenvalue weighted by Crippen LogP contribution is 2.34. The van der Waals surface area contributed by atoms with Crippen molar-refractivity contribution in [2.75, 3.05) is 33.9 Å². The summed E-state index contributed by atoms with van der Waals surface area (Å²) in [5.74, 6) is 0. The molecule has 0 unspecified atom stereocenters. The third-order valence-corrected chi connectivity index (χ3v) is 4.14. The molecule has 5 heteroatoms. The van der Waals surface area contributed by atoms with Gasteiger partial charge in [0.15, 0.2) is 0 Å². The zero-order valence-electron chi connectivity index (χ0n) is 12.0. The minimum absolute atomic E-state index is 0.0610. The van der Waals surface area contributed by atoms with Crippen molar-refractivity contribution in [3.63, 3.8) is 0 Å². The molecule has 1 N–H and O–H groups in total. The summed E-state index contributed by atoms with van der Waals surface area (Å²) in [5, 5.41) is 3.73. The van der Waals surface area contributed by atoms with E-state index in [9.17, 15) is 4.79 Å². The number of hydrogen-bond acceptors (Lipinski definition) is 2. The number of urea groups is 1. The Kier molecular flexibility index (Phi) is 4.89. The van der Waals surface area contributed by atoms with Crippen LogP contribution >= 0.6 is 11.6 Å². The Morgan fingerprint density at radius 3 is 2.45 bits per heavy atom. The van der Waals surface area contributed by atoms with E-state index in [1.54, 1.807) is 19.0 Å². The molecule has 0 aromatic heterocycles. The number of amides is 2. The van der Waals surface area contributed by atoms with Gasteiger partial charge < -0.3 is 15.0 Å². The van der Waals surface area contributed by atoms with Gasteiger partial charge in [-0.25, -0.2) is 4.79 Å². The zero-order valence-corrected chi connectivity index (χ0v) is 12.7. The molecule has 4 nitrogen and oxygen atoms in total. The van der Waals surface area contributed by atoms with Crippen molar-refractivity contribution in [2.45, 2.75) is 18.3 Å². The molecule has 0 spiro atoms. The fourth-order valence-corrected chi connectivity index (χ4v) is 2.66. The summed E-state index contributed by atoms with van der Waals surface area (Å²) in [7, 11) is 3.49. The van der Waals surface area contributed by atoms with Gasteiger partial charge in [0, 0.05) is 44.3 Å². The number of halogens is 1. The first kappa shape index (κ1) is 15.1. The molecule has 1 fully saturated rings. The molecule has 1 aromatic carbocycles. The second kappa shape index (κ2) is 6.46. The van der Waals surface area contributed by atoms with E-state index in [0.717, 1.165) is 31.1 Å². The van der Waals surface area contributed by atoms with Gasteiger partial charge in [0.1, 0.15) is 0 Å². The molecule has 1 aliphatic rings. The van der Waals surface area contributed by atoms with Gasteiger partial charge in [0.05, 0.1) is 0 Å². The van der Waals surface area contributed by atoms with Crippen LogP contribution in [0, 0.1) is 0 Å². The van der Waals surface area contributed by atoms with E-state index < -0.39 is 0 Å². The van der Waals surface area contributed by atoms with Gasteiger partial charge in [0.25, 0.3) is 0 Å². The fourth-order valence-electron chi connectivity index (χ4n) is 2.54. The Morgan fingerprint density at radius 2 is 1.90 bits per heavy atom. The maximum Gasteiger partial charge on any atom is 0.316 e. The normalized spacial score (nSPS) is 17.6. The number of carbonyl (C=O) groups excluding carboxylic acids is 1. The van der Waals surface area contributed by atoms with E-state index in [-0.39, 0.29) is 11.4 Å². The number of hydrogen-bond donors (Lipinski definition) is 1. The number of nitrogens with zero attached hydrogens (tertiary/aromatic N) is 1. The highest BCUT2D eigenvalue weighted by atomic mass is 35.5. The lowest BCUT2D eigenvalue weighted by Crippen LogP contribution is -2.47. The largest absolute Gasteiger partial charge is 0.381 e. The van der Waals surface area contributed by atoms with Crippen molar-refractivity contribution in [2.24, 2.45) is 0 Å². The summed E-state index contributed by atoms with van der Waals surface area (Å²) < 4.78 is 5.48. The van der Waals surface area contributed by atoms with Crippen LogP contribution in [0.15, 0.2) is 24.3 Å². The van der Waals surface area contributed by atoms with E-state index in [0.29, 0.717) is 6.54 Å². The second-order valence-electron chi connectivity index (χ2n) is 5.45. The molecule has 2 rings (SSSR count). The van der Waals surface area contributed by atoms with Crippen molar-refractivity contribution in [3.05, 3.63) is 34.9 Å². The molecule has 0 bridgehead atoms. The average Bonchev–Trinajstić information content (AvgIpc) is 2.46. The number of nitrogens with one attached hydrogen (secondary N) is 1. The molecule has 1 aliphatic heterocycles. The van der Waals surface area contributed by atoms with Gasteiger partial charge in [-0.15, -0.1) is 0 Å². The van der Waals surface area contributed by atoms with Crippen molar-refractivity contribution in [3.8, 4) is 0 Å². The van der Waals surface area contributed by atoms with E-state index in [1.165, 1.54) is 5.56 Å². The Morgan fingerprint density at radius 1 is 1.30 bits per heavy atom. The maximum atomic E-state index is 11.8. The van der Waals surface area contributed by atoms with Crippen molar-refractivity contribution in [1.82, 2.24) is 10.2 Å². The molecular formula is C15H21ClN2O2. The molecule has 110 valence electrons. The van der Waals surface area contributed by atoms with Gasteiger partial charge in [-0.05, 0) is 30.5 Å². The van der Waals surface area contributed by atoms with Crippen molar-refractivity contribution in [1.29, 1.82) is 0 Å². The smallest absolute Gasteiger partial charge is 0.316 e. The maximum absolute atomic E-state index is 11.8. The lowest BCUT2D eigenvalue weighted by Gasteiger charge is -2.38. The molecule has 0 aliphatic carbocycles. The summed E-state index contributed by atoms with van der Waals surface area (Å²) in [6, 6.07) is 7.85. The predicted octanol–water partition coefficient (Wildman–Crippen LogP) is 2.66. The highest BCUT2D eigenvalue weighted by molar-refractivity contribution is 6.30. The third-order valence-electron chi connectivity index (χ3n) is 3.89. The summed E-state index contributed by atoms with van der Waals surface area (Å²) in [6.45, 7) is 2.07. The van der Waals surface area contributed by atoms with Crippen LogP contribution in [0.1, 0.15) is 18.4 Å². The predicted molar refractivity (Wildman–Crippen MR) is 80.3 cm³/mol. The van der Waals surface area contributed by atoms with Crippen LogP contribution in [-0.4, -0.2) is 44.8 Å². The minimum Gasteiger partial charge on any atom is -0.381 e. The number of carbonyl (C=O) groups is 1.